The first-order valence-corrected chi connectivity index (χ1v) is 11.2. The van der Waals surface area contributed by atoms with Crippen LogP contribution in [0.4, 0.5) is 5.69 Å². The minimum absolute atomic E-state index is 0.115. The summed E-state index contributed by atoms with van der Waals surface area (Å²) in [5.74, 6) is -1.50. The molecule has 5 heteroatoms. The first kappa shape index (κ1) is 25.9. The molecule has 3 N–H and O–H groups in total. The van der Waals surface area contributed by atoms with Crippen molar-refractivity contribution in [3.05, 3.63) is 82.5 Å². The zero-order valence-corrected chi connectivity index (χ0v) is 20.2. The molecule has 0 spiro atoms. The van der Waals surface area contributed by atoms with Gasteiger partial charge < -0.3 is 15.5 Å². The maximum absolute atomic E-state index is 12.3. The Balaban J connectivity index is 2.01. The van der Waals surface area contributed by atoms with E-state index in [9.17, 15) is 14.7 Å². The summed E-state index contributed by atoms with van der Waals surface area (Å²) >= 11 is 0. The van der Waals surface area contributed by atoms with Crippen LogP contribution in [-0.2, 0) is 16.0 Å². The second kappa shape index (κ2) is 11.5. The number of hydrogen-bond donors (Lipinski definition) is 3. The van der Waals surface area contributed by atoms with Crippen molar-refractivity contribution >= 4 is 17.6 Å². The number of phenolic OH excluding ortho intramolecular Hbond substituents is 1. The zero-order chi connectivity index (χ0) is 24.6. The van der Waals surface area contributed by atoms with Crippen LogP contribution in [0.15, 0.2) is 76.9 Å². The number of aliphatic carboxylic acids is 1. The van der Waals surface area contributed by atoms with Crippen molar-refractivity contribution < 1.29 is 19.8 Å². The molecule has 0 unspecified atom stereocenters. The molecule has 1 aromatic rings. The first-order valence-electron chi connectivity index (χ1n) is 11.2. The van der Waals surface area contributed by atoms with Crippen LogP contribution in [0, 0.1) is 5.41 Å². The lowest BCUT2D eigenvalue weighted by atomic mass is 9.72. The third-order valence-corrected chi connectivity index (χ3v) is 5.81. The summed E-state index contributed by atoms with van der Waals surface area (Å²) in [6.45, 7) is 10.7. The van der Waals surface area contributed by atoms with Gasteiger partial charge in [0.2, 0.25) is 5.91 Å². The quantitative estimate of drug-likeness (QED) is 0.240. The zero-order valence-electron chi connectivity index (χ0n) is 20.2. The number of allylic oxidation sites excluding steroid dienone is 9. The molecule has 1 aliphatic carbocycles. The number of anilines is 1. The van der Waals surface area contributed by atoms with E-state index in [-0.39, 0.29) is 23.3 Å². The van der Waals surface area contributed by atoms with Crippen LogP contribution in [0.2, 0.25) is 0 Å². The van der Waals surface area contributed by atoms with Gasteiger partial charge in [-0.2, -0.15) is 0 Å². The molecule has 0 saturated heterocycles. The predicted octanol–water partition coefficient (Wildman–Crippen LogP) is 6.49. The molecule has 0 heterocycles. The van der Waals surface area contributed by atoms with Crippen LogP contribution in [0.1, 0.15) is 59.4 Å². The first-order chi connectivity index (χ1) is 15.5. The molecule has 33 heavy (non-hydrogen) atoms. The van der Waals surface area contributed by atoms with Gasteiger partial charge in [-0.15, -0.1) is 0 Å². The van der Waals surface area contributed by atoms with Crippen LogP contribution >= 0.6 is 0 Å². The van der Waals surface area contributed by atoms with Crippen molar-refractivity contribution in [1.82, 2.24) is 0 Å². The molecular weight excluding hydrogens is 414 g/mol. The molecule has 1 amide bonds. The van der Waals surface area contributed by atoms with Crippen molar-refractivity contribution in [3.8, 4) is 5.75 Å². The van der Waals surface area contributed by atoms with E-state index in [1.54, 1.807) is 0 Å². The van der Waals surface area contributed by atoms with Gasteiger partial charge in [0.1, 0.15) is 5.75 Å². The second-order valence-electron chi connectivity index (χ2n) is 9.33. The third-order valence-electron chi connectivity index (χ3n) is 5.81. The van der Waals surface area contributed by atoms with E-state index in [1.807, 2.05) is 32.1 Å². The number of benzene rings is 1. The Morgan fingerprint density at radius 1 is 1.15 bits per heavy atom. The maximum atomic E-state index is 12.3. The van der Waals surface area contributed by atoms with Crippen LogP contribution in [0.25, 0.3) is 0 Å². The van der Waals surface area contributed by atoms with Gasteiger partial charge in [0.05, 0.1) is 12.1 Å². The van der Waals surface area contributed by atoms with Crippen molar-refractivity contribution in [2.75, 3.05) is 5.32 Å². The van der Waals surface area contributed by atoms with Crippen LogP contribution in [0.5, 0.6) is 5.75 Å². The summed E-state index contributed by atoms with van der Waals surface area (Å²) in [6.07, 6.45) is 15.0. The molecule has 0 radical (unpaired) electrons. The van der Waals surface area contributed by atoms with Crippen LogP contribution in [0.3, 0.4) is 0 Å². The lowest BCUT2D eigenvalue weighted by molar-refractivity contribution is -0.136. The molecular formula is C28H35NO4. The minimum atomic E-state index is -0.980. The minimum Gasteiger partial charge on any atom is -0.506 e. The van der Waals surface area contributed by atoms with Gasteiger partial charge in [-0.1, -0.05) is 61.4 Å². The Morgan fingerprint density at radius 3 is 2.55 bits per heavy atom. The molecule has 0 saturated carbocycles. The highest BCUT2D eigenvalue weighted by atomic mass is 16.4. The number of hydrogen-bond acceptors (Lipinski definition) is 3. The fourth-order valence-corrected chi connectivity index (χ4v) is 4.02. The third kappa shape index (κ3) is 8.26. The smallest absolute Gasteiger partial charge is 0.307 e. The summed E-state index contributed by atoms with van der Waals surface area (Å²) < 4.78 is 0. The average Bonchev–Trinajstić information content (AvgIpc) is 2.69. The Labute approximate surface area is 196 Å². The molecule has 5 nitrogen and oxygen atoms in total. The average molecular weight is 450 g/mol. The van der Waals surface area contributed by atoms with Gasteiger partial charge in [0, 0.05) is 6.08 Å². The van der Waals surface area contributed by atoms with Gasteiger partial charge >= 0.3 is 5.97 Å². The number of phenols is 1. The maximum Gasteiger partial charge on any atom is 0.307 e. The van der Waals surface area contributed by atoms with Gasteiger partial charge in [-0.25, -0.2) is 0 Å². The Bertz CT molecular complexity index is 1050. The largest absolute Gasteiger partial charge is 0.506 e. The van der Waals surface area contributed by atoms with Gasteiger partial charge in [-0.3, -0.25) is 9.59 Å². The van der Waals surface area contributed by atoms with E-state index in [4.69, 9.17) is 5.11 Å². The molecule has 0 fully saturated rings. The molecule has 0 aliphatic heterocycles. The van der Waals surface area contributed by atoms with E-state index in [0.29, 0.717) is 5.56 Å². The van der Waals surface area contributed by atoms with E-state index in [2.05, 4.69) is 38.2 Å². The van der Waals surface area contributed by atoms with Crippen LogP contribution in [-0.4, -0.2) is 22.1 Å². The number of carbonyl (C=O) groups is 2. The highest BCUT2D eigenvalue weighted by Gasteiger charge is 2.26. The van der Waals surface area contributed by atoms with Gasteiger partial charge in [0.15, 0.2) is 0 Å². The topological polar surface area (TPSA) is 86.6 Å². The van der Waals surface area contributed by atoms with Crippen molar-refractivity contribution in [1.29, 1.82) is 0 Å². The van der Waals surface area contributed by atoms with Crippen molar-refractivity contribution in [2.45, 2.75) is 60.3 Å². The number of aromatic hydroxyl groups is 1. The molecule has 2 rings (SSSR count). The number of amides is 1. The van der Waals surface area contributed by atoms with E-state index in [1.165, 1.54) is 54.7 Å². The van der Waals surface area contributed by atoms with Gasteiger partial charge in [-0.05, 0) is 74.3 Å². The SMILES string of the molecule is CC(C=CC1=C(C)CCCC1(C)C)=CC=CC(C)=CC(=O)Nc1cc(CC(=O)O)ccc1O. The predicted molar refractivity (Wildman–Crippen MR) is 134 cm³/mol. The lowest BCUT2D eigenvalue weighted by Crippen LogP contribution is -2.19. The Kier molecular flexibility index (Phi) is 9.03. The number of carboxylic acid groups (broad SMARTS) is 1. The Hall–Kier alpha value is -3.34. The monoisotopic (exact) mass is 449 g/mol. The van der Waals surface area contributed by atoms with E-state index in [0.717, 1.165) is 11.1 Å². The lowest BCUT2D eigenvalue weighted by Gasteiger charge is -2.32. The summed E-state index contributed by atoms with van der Waals surface area (Å²) in [6, 6.07) is 4.35. The highest BCUT2D eigenvalue weighted by Crippen LogP contribution is 2.40. The molecule has 0 bridgehead atoms. The normalized spacial score (nSPS) is 17.1. The van der Waals surface area contributed by atoms with Crippen LogP contribution < -0.4 is 5.32 Å². The highest BCUT2D eigenvalue weighted by molar-refractivity contribution is 6.01. The number of carbonyl (C=O) groups excluding carboxylic acids is 1. The number of carboxylic acids is 1. The molecule has 1 aliphatic rings. The molecule has 0 aromatic heterocycles. The van der Waals surface area contributed by atoms with Crippen molar-refractivity contribution in [2.24, 2.45) is 5.41 Å². The fraction of sp³-hybridized carbons (Fsp3) is 0.357. The molecule has 1 aromatic carbocycles. The number of rotatable bonds is 8. The fourth-order valence-electron chi connectivity index (χ4n) is 4.02. The summed E-state index contributed by atoms with van der Waals surface area (Å²) in [5.41, 5.74) is 5.64. The Morgan fingerprint density at radius 2 is 1.88 bits per heavy atom. The molecule has 0 atom stereocenters. The molecule has 176 valence electrons. The van der Waals surface area contributed by atoms with Gasteiger partial charge in [0.25, 0.3) is 0 Å². The summed E-state index contributed by atoms with van der Waals surface area (Å²) in [7, 11) is 0. The summed E-state index contributed by atoms with van der Waals surface area (Å²) in [4.78, 5) is 23.2. The van der Waals surface area contributed by atoms with Crippen molar-refractivity contribution in [3.63, 3.8) is 0 Å². The standard InChI is InChI=1S/C28H35NO4/c1-19(11-13-23-21(3)10-7-15-28(23,4)5)8-6-9-20(2)16-26(31)29-24-17-22(18-27(32)33)12-14-25(24)30/h6,8-9,11-14,16-17,30H,7,10,15,18H2,1-5H3,(H,29,31)(H,32,33). The van der Waals surface area contributed by atoms with E-state index < -0.39 is 11.9 Å². The second-order valence-corrected chi connectivity index (χ2v) is 9.33. The number of nitrogens with one attached hydrogen (secondary N) is 1. The summed E-state index contributed by atoms with van der Waals surface area (Å²) in [5, 5.41) is 21.4. The van der Waals surface area contributed by atoms with E-state index >= 15 is 0 Å².